The van der Waals surface area contributed by atoms with Crippen molar-refractivity contribution in [2.75, 3.05) is 6.26 Å². The summed E-state index contributed by atoms with van der Waals surface area (Å²) in [5.41, 5.74) is 0. The molecule has 0 aliphatic heterocycles. The molecule has 0 amide bonds. The number of hydrogen-bond donors (Lipinski definition) is 0. The van der Waals surface area contributed by atoms with Crippen LogP contribution in [0.15, 0.2) is 0 Å². The molecule has 0 atom stereocenters. The Balaban J connectivity index is 3.23. The molecule has 0 fully saturated rings. The lowest BCUT2D eigenvalue weighted by Crippen LogP contribution is -1.46. The van der Waals surface area contributed by atoms with E-state index in [1.54, 1.807) is 0 Å². The summed E-state index contributed by atoms with van der Waals surface area (Å²) in [5, 5.41) is 0. The molecule has 0 aromatic carbocycles. The molecule has 0 aromatic rings. The summed E-state index contributed by atoms with van der Waals surface area (Å²) in [5.74, 6) is 0. The van der Waals surface area contributed by atoms with Gasteiger partial charge in [-0.3, -0.25) is 17.8 Å². The standard InChI is InChI=1S/CH3S4/c1-4-5(2)3/h1H3/q-1. The molecule has 0 spiro atoms. The van der Waals surface area contributed by atoms with Crippen LogP contribution in [-0.2, 0) is 29.4 Å². The van der Waals surface area contributed by atoms with Crippen molar-refractivity contribution in [1.82, 2.24) is 0 Å². The van der Waals surface area contributed by atoms with Crippen LogP contribution in [0.4, 0.5) is 0 Å². The molecule has 0 saturated carbocycles. The Hall–Kier alpha value is 1.14. The highest BCUT2D eigenvalue weighted by Crippen LogP contribution is 1.88. The molecule has 0 N–H and O–H groups in total. The molecule has 0 radical (unpaired) electrons. The molecule has 0 rings (SSSR count). The first kappa shape index (κ1) is 6.14. The minimum atomic E-state index is -0.239. The van der Waals surface area contributed by atoms with Crippen LogP contribution in [0, 0.1) is 0 Å². The topological polar surface area (TPSA) is 0 Å². The van der Waals surface area contributed by atoms with Crippen molar-refractivity contribution in [3.63, 3.8) is 0 Å². The van der Waals surface area contributed by atoms with Crippen molar-refractivity contribution < 1.29 is 0 Å². The molecular weight excluding hydrogens is 140 g/mol. The summed E-state index contributed by atoms with van der Waals surface area (Å²) in [6.45, 7) is 0. The van der Waals surface area contributed by atoms with Crippen molar-refractivity contribution in [1.29, 1.82) is 0 Å². The van der Waals surface area contributed by atoms with E-state index in [0.29, 0.717) is 0 Å². The van der Waals surface area contributed by atoms with Crippen LogP contribution >= 0.6 is 10.8 Å². The number of hydrogen-bond acceptors (Lipinski definition) is 4. The second kappa shape index (κ2) is 3.33. The molecule has 0 aliphatic carbocycles. The van der Waals surface area contributed by atoms with E-state index < -0.39 is 0 Å². The molecule has 32 valence electrons. The molecule has 4 heteroatoms. The third kappa shape index (κ3) is 5.14. The molecule has 0 saturated heterocycles. The van der Waals surface area contributed by atoms with E-state index >= 15 is 0 Å². The van der Waals surface area contributed by atoms with E-state index in [1.807, 2.05) is 6.26 Å². The van der Waals surface area contributed by atoms with E-state index in [1.165, 1.54) is 10.8 Å². The Bertz CT molecular complexity index is 61.7. The Kier molecular flexibility index (Phi) is 4.09. The smallest absolute Gasteiger partial charge is 0.0384 e. The van der Waals surface area contributed by atoms with Gasteiger partial charge >= 0.3 is 0 Å². The molecule has 0 aliphatic rings. The largest absolute Gasteiger partial charge is 0.293 e. The van der Waals surface area contributed by atoms with Crippen LogP contribution in [0.25, 0.3) is 0 Å². The Morgan fingerprint density at radius 1 is 1.60 bits per heavy atom. The summed E-state index contributed by atoms with van der Waals surface area (Å²) in [4.78, 5) is 0. The van der Waals surface area contributed by atoms with Gasteiger partial charge in [-0.05, 0) is 6.26 Å². The first-order valence-electron chi connectivity index (χ1n) is 0.908. The van der Waals surface area contributed by atoms with Gasteiger partial charge in [0, 0.05) is 0 Å². The van der Waals surface area contributed by atoms with Crippen molar-refractivity contribution in [3.05, 3.63) is 0 Å². The molecule has 0 bridgehead atoms. The molecule has 5 heavy (non-hydrogen) atoms. The van der Waals surface area contributed by atoms with Crippen molar-refractivity contribution in [3.8, 4) is 0 Å². The third-order valence-electron chi connectivity index (χ3n) is 0.136. The predicted molar refractivity (Wildman–Crippen MR) is 35.6 cm³/mol. The fourth-order valence-corrected chi connectivity index (χ4v) is 0. The predicted octanol–water partition coefficient (Wildman–Crippen LogP) is 0.806. The van der Waals surface area contributed by atoms with Gasteiger partial charge in [0.1, 0.15) is 0 Å². The van der Waals surface area contributed by atoms with Crippen LogP contribution in [0.2, 0.25) is 0 Å². The third-order valence-corrected chi connectivity index (χ3v) is 3.67. The van der Waals surface area contributed by atoms with Crippen LogP contribution in [0.5, 0.6) is 0 Å². The Morgan fingerprint density at radius 3 is 1.80 bits per heavy atom. The van der Waals surface area contributed by atoms with Crippen LogP contribution in [0.1, 0.15) is 0 Å². The Morgan fingerprint density at radius 2 is 1.80 bits per heavy atom. The first-order chi connectivity index (χ1) is 2.27. The molecular formula is CH3S4-. The second-order valence-electron chi connectivity index (χ2n) is 0.371. The van der Waals surface area contributed by atoms with Crippen LogP contribution in [-0.4, -0.2) is 6.26 Å². The minimum absolute atomic E-state index is 0.239. The van der Waals surface area contributed by atoms with Crippen molar-refractivity contribution >= 4 is 40.2 Å². The van der Waals surface area contributed by atoms with Gasteiger partial charge in [0.2, 0.25) is 0 Å². The van der Waals surface area contributed by atoms with E-state index in [9.17, 15) is 0 Å². The van der Waals surface area contributed by atoms with E-state index in [4.69, 9.17) is 0 Å². The van der Waals surface area contributed by atoms with Gasteiger partial charge in [0.05, 0.1) is 0 Å². The van der Waals surface area contributed by atoms with E-state index in [0.717, 1.165) is 0 Å². The molecule has 0 nitrogen and oxygen atoms in total. The maximum absolute atomic E-state index is 4.59. The van der Waals surface area contributed by atoms with Crippen molar-refractivity contribution in [2.45, 2.75) is 0 Å². The zero-order chi connectivity index (χ0) is 4.28. The van der Waals surface area contributed by atoms with Gasteiger partial charge in [-0.15, -0.1) is 0 Å². The van der Waals surface area contributed by atoms with Crippen LogP contribution in [0.3, 0.4) is 0 Å². The summed E-state index contributed by atoms with van der Waals surface area (Å²) in [6.07, 6.45) is 1.92. The fraction of sp³-hybridized carbons (Fsp3) is 1.00. The van der Waals surface area contributed by atoms with Gasteiger partial charge in [-0.2, -0.15) is 0 Å². The maximum Gasteiger partial charge on any atom is -0.0384 e. The summed E-state index contributed by atoms with van der Waals surface area (Å²) in [6, 6.07) is 0. The summed E-state index contributed by atoms with van der Waals surface area (Å²) in [7, 11) is 1.30. The molecule has 0 unspecified atom stereocenters. The highest BCUT2D eigenvalue weighted by atomic mass is 33.5. The van der Waals surface area contributed by atoms with E-state index in [2.05, 4.69) is 22.4 Å². The monoisotopic (exact) mass is 143 g/mol. The lowest BCUT2D eigenvalue weighted by molar-refractivity contribution is 2.55. The molecule has 0 heterocycles. The lowest BCUT2D eigenvalue weighted by atomic mass is 12.0. The molecule has 0 aromatic heterocycles. The van der Waals surface area contributed by atoms with Crippen molar-refractivity contribution in [2.24, 2.45) is 0 Å². The highest BCUT2D eigenvalue weighted by Gasteiger charge is 1.38. The van der Waals surface area contributed by atoms with Crippen LogP contribution < -0.4 is 0 Å². The highest BCUT2D eigenvalue weighted by molar-refractivity contribution is 8.90. The quantitative estimate of drug-likeness (QED) is 0.394. The summed E-state index contributed by atoms with van der Waals surface area (Å²) < 4.78 is 0. The summed E-state index contributed by atoms with van der Waals surface area (Å²) >= 11 is 9.17. The van der Waals surface area contributed by atoms with Gasteiger partial charge in [-0.25, -0.2) is 22.4 Å². The maximum atomic E-state index is 4.59. The average Bonchev–Trinajstić information content (AvgIpc) is 1.38. The zero-order valence-corrected chi connectivity index (χ0v) is 5.90. The van der Waals surface area contributed by atoms with Gasteiger partial charge < -0.3 is 0 Å². The van der Waals surface area contributed by atoms with E-state index in [-0.39, 0.29) is 7.05 Å². The Labute approximate surface area is 46.6 Å². The normalized spacial score (nSPS) is 9.20. The second-order valence-corrected chi connectivity index (χ2v) is 7.01. The average molecular weight is 143 g/mol. The zero-order valence-electron chi connectivity index (χ0n) is 2.63. The van der Waals surface area contributed by atoms with Gasteiger partial charge in [0.25, 0.3) is 0 Å². The first-order valence-corrected chi connectivity index (χ1v) is 5.72. The fourth-order valence-electron chi connectivity index (χ4n) is 0. The SMILES string of the molecule is CS[S-](=S)=S. The minimum Gasteiger partial charge on any atom is -0.293 e. The number of rotatable bonds is 1. The lowest BCUT2D eigenvalue weighted by Gasteiger charge is -1.86. The van der Waals surface area contributed by atoms with Gasteiger partial charge in [0.15, 0.2) is 0 Å². The van der Waals surface area contributed by atoms with Gasteiger partial charge in [-0.1, -0.05) is 0 Å².